The first-order valence-corrected chi connectivity index (χ1v) is 8.98. The number of carbonyl (C=O) groups excluding carboxylic acids is 1. The number of thiophene rings is 1. The molecule has 3 aromatic rings. The van der Waals surface area contributed by atoms with Crippen LogP contribution in [0.15, 0.2) is 52.8 Å². The van der Waals surface area contributed by atoms with Crippen molar-refractivity contribution in [1.29, 1.82) is 0 Å². The first-order valence-electron chi connectivity index (χ1n) is 7.31. The van der Waals surface area contributed by atoms with Crippen LogP contribution in [0.3, 0.4) is 0 Å². The van der Waals surface area contributed by atoms with E-state index in [4.69, 9.17) is 0 Å². The molecule has 118 valence electrons. The van der Waals surface area contributed by atoms with Crippen molar-refractivity contribution in [2.45, 2.75) is 13.5 Å². The second-order valence-corrected chi connectivity index (χ2v) is 7.17. The molecule has 0 saturated heterocycles. The second-order valence-electron chi connectivity index (χ2n) is 5.40. The molecule has 0 atom stereocenters. The summed E-state index contributed by atoms with van der Waals surface area (Å²) in [6.07, 6.45) is 1.68. The Morgan fingerprint density at radius 1 is 1.43 bits per heavy atom. The average molecular weight is 389 g/mol. The highest BCUT2D eigenvalue weighted by Gasteiger charge is 2.18. The van der Waals surface area contributed by atoms with Gasteiger partial charge in [0.2, 0.25) is 0 Å². The Balaban J connectivity index is 2.06. The molecule has 0 aliphatic carbocycles. The minimum absolute atomic E-state index is 0.0761. The first-order chi connectivity index (χ1) is 11.1. The molecule has 0 unspecified atom stereocenters. The van der Waals surface area contributed by atoms with Crippen LogP contribution in [0.5, 0.6) is 0 Å². The van der Waals surface area contributed by atoms with E-state index in [1.54, 1.807) is 17.4 Å². The van der Waals surface area contributed by atoms with Crippen molar-refractivity contribution in [3.63, 3.8) is 0 Å². The molecule has 0 bridgehead atoms. The molecule has 0 aliphatic heterocycles. The van der Waals surface area contributed by atoms with Crippen LogP contribution >= 0.6 is 27.3 Å². The zero-order valence-corrected chi connectivity index (χ0v) is 15.2. The molecule has 2 aromatic heterocycles. The number of hydrogen-bond donors (Lipinski definition) is 1. The number of benzene rings is 1. The number of aromatic nitrogens is 1. The van der Waals surface area contributed by atoms with Gasteiger partial charge in [0.1, 0.15) is 5.69 Å². The van der Waals surface area contributed by atoms with Crippen LogP contribution < -0.4 is 5.32 Å². The highest BCUT2D eigenvalue weighted by Crippen LogP contribution is 2.33. The van der Waals surface area contributed by atoms with Gasteiger partial charge in [-0.05, 0) is 34.5 Å². The molecule has 2 heterocycles. The largest absolute Gasteiger partial charge is 0.347 e. The van der Waals surface area contributed by atoms with Crippen molar-refractivity contribution in [3.8, 4) is 0 Å². The molecule has 3 rings (SSSR count). The maximum atomic E-state index is 12.5. The van der Waals surface area contributed by atoms with E-state index in [-0.39, 0.29) is 5.91 Å². The van der Waals surface area contributed by atoms with Crippen molar-refractivity contribution < 1.29 is 4.79 Å². The van der Waals surface area contributed by atoms with E-state index in [1.807, 2.05) is 12.1 Å². The van der Waals surface area contributed by atoms with Crippen LogP contribution in [0.1, 0.15) is 21.6 Å². The van der Waals surface area contributed by atoms with E-state index in [1.165, 1.54) is 11.1 Å². The lowest BCUT2D eigenvalue weighted by Crippen LogP contribution is -2.26. The topological polar surface area (TPSA) is 34.0 Å². The van der Waals surface area contributed by atoms with Crippen LogP contribution in [0.4, 0.5) is 0 Å². The molecule has 0 fully saturated rings. The van der Waals surface area contributed by atoms with Gasteiger partial charge in [0.05, 0.1) is 14.7 Å². The Bertz CT molecular complexity index is 878. The van der Waals surface area contributed by atoms with Gasteiger partial charge < -0.3 is 9.88 Å². The van der Waals surface area contributed by atoms with E-state index in [9.17, 15) is 4.79 Å². The van der Waals surface area contributed by atoms with E-state index in [0.29, 0.717) is 18.8 Å². The lowest BCUT2D eigenvalue weighted by Gasteiger charge is -2.11. The SMILES string of the molecule is C=CCNC(=O)c1cc2scc(Br)c2n1Cc1cccc(C)c1. The summed E-state index contributed by atoms with van der Waals surface area (Å²) < 4.78 is 4.20. The minimum Gasteiger partial charge on any atom is -0.347 e. The molecule has 1 aromatic carbocycles. The van der Waals surface area contributed by atoms with Gasteiger partial charge >= 0.3 is 0 Å². The lowest BCUT2D eigenvalue weighted by molar-refractivity contribution is 0.0949. The summed E-state index contributed by atoms with van der Waals surface area (Å²) in [5, 5.41) is 4.93. The molecule has 0 spiro atoms. The van der Waals surface area contributed by atoms with Crippen LogP contribution in [0.25, 0.3) is 10.2 Å². The molecule has 1 amide bonds. The van der Waals surface area contributed by atoms with Gasteiger partial charge in [-0.2, -0.15) is 0 Å². The van der Waals surface area contributed by atoms with Gasteiger partial charge in [0.15, 0.2) is 0 Å². The van der Waals surface area contributed by atoms with Gasteiger partial charge in [-0.25, -0.2) is 0 Å². The Morgan fingerprint density at radius 3 is 3.00 bits per heavy atom. The second kappa shape index (κ2) is 6.72. The van der Waals surface area contributed by atoms with Crippen LogP contribution in [0.2, 0.25) is 0 Å². The molecule has 3 nitrogen and oxygen atoms in total. The summed E-state index contributed by atoms with van der Waals surface area (Å²) in [6.45, 7) is 6.85. The van der Waals surface area contributed by atoms with Crippen molar-refractivity contribution in [3.05, 3.63) is 69.7 Å². The molecular weight excluding hydrogens is 372 g/mol. The third-order valence-corrected chi connectivity index (χ3v) is 5.47. The predicted molar refractivity (Wildman–Crippen MR) is 100 cm³/mol. The maximum Gasteiger partial charge on any atom is 0.268 e. The van der Waals surface area contributed by atoms with Crippen molar-refractivity contribution in [2.75, 3.05) is 6.54 Å². The van der Waals surface area contributed by atoms with Crippen LogP contribution in [0, 0.1) is 6.92 Å². The van der Waals surface area contributed by atoms with Crippen LogP contribution in [-0.2, 0) is 6.54 Å². The highest BCUT2D eigenvalue weighted by atomic mass is 79.9. The third-order valence-electron chi connectivity index (χ3n) is 3.64. The van der Waals surface area contributed by atoms with Gasteiger partial charge in [-0.1, -0.05) is 35.9 Å². The van der Waals surface area contributed by atoms with Gasteiger partial charge in [0, 0.05) is 18.5 Å². The molecular formula is C18H17BrN2OS. The molecule has 1 N–H and O–H groups in total. The monoisotopic (exact) mass is 388 g/mol. The van der Waals surface area contributed by atoms with Crippen molar-refractivity contribution in [2.24, 2.45) is 0 Å². The number of fused-ring (bicyclic) bond motifs is 1. The predicted octanol–water partition coefficient (Wildman–Crippen LogP) is 4.74. The smallest absolute Gasteiger partial charge is 0.268 e. The standard InChI is InChI=1S/C18H17BrN2OS/c1-3-7-20-18(22)15-9-16-17(14(19)11-23-16)21(15)10-13-6-4-5-12(2)8-13/h3-6,8-9,11H,1,7,10H2,2H3,(H,20,22). The minimum atomic E-state index is -0.0761. The molecule has 23 heavy (non-hydrogen) atoms. The Kier molecular flexibility index (Phi) is 4.68. The number of amides is 1. The van der Waals surface area contributed by atoms with E-state index in [0.717, 1.165) is 14.7 Å². The molecule has 5 heteroatoms. The van der Waals surface area contributed by atoms with E-state index < -0.39 is 0 Å². The first kappa shape index (κ1) is 16.0. The summed E-state index contributed by atoms with van der Waals surface area (Å²) in [5.41, 5.74) is 4.14. The zero-order chi connectivity index (χ0) is 16.4. The normalized spacial score (nSPS) is 10.9. The fourth-order valence-corrected chi connectivity index (χ4v) is 4.32. The fraction of sp³-hybridized carbons (Fsp3) is 0.167. The number of aryl methyl sites for hydroxylation is 1. The number of carbonyl (C=O) groups is 1. The summed E-state index contributed by atoms with van der Waals surface area (Å²) >= 11 is 5.24. The van der Waals surface area contributed by atoms with Crippen molar-refractivity contribution in [1.82, 2.24) is 9.88 Å². The highest BCUT2D eigenvalue weighted by molar-refractivity contribution is 9.10. The average Bonchev–Trinajstić information content (AvgIpc) is 3.06. The fourth-order valence-electron chi connectivity index (χ4n) is 2.63. The van der Waals surface area contributed by atoms with Crippen molar-refractivity contribution >= 4 is 43.4 Å². The molecule has 0 radical (unpaired) electrons. The Labute approximate surface area is 147 Å². The summed E-state index contributed by atoms with van der Waals surface area (Å²) in [4.78, 5) is 12.5. The van der Waals surface area contributed by atoms with Gasteiger partial charge in [0.25, 0.3) is 5.91 Å². The zero-order valence-electron chi connectivity index (χ0n) is 12.8. The number of rotatable bonds is 5. The molecule has 0 aliphatic rings. The summed E-state index contributed by atoms with van der Waals surface area (Å²) in [7, 11) is 0. The number of nitrogens with one attached hydrogen (secondary N) is 1. The lowest BCUT2D eigenvalue weighted by atomic mass is 10.1. The van der Waals surface area contributed by atoms with E-state index >= 15 is 0 Å². The number of halogens is 1. The van der Waals surface area contributed by atoms with Crippen LogP contribution in [-0.4, -0.2) is 17.0 Å². The Hall–Kier alpha value is -1.85. The number of hydrogen-bond acceptors (Lipinski definition) is 2. The third kappa shape index (κ3) is 3.26. The summed E-state index contributed by atoms with van der Waals surface area (Å²) in [5.74, 6) is -0.0761. The van der Waals surface area contributed by atoms with Gasteiger partial charge in [-0.3, -0.25) is 4.79 Å². The quantitative estimate of drug-likeness (QED) is 0.629. The van der Waals surface area contributed by atoms with E-state index in [2.05, 4.69) is 62.9 Å². The summed E-state index contributed by atoms with van der Waals surface area (Å²) in [6, 6.07) is 10.3. The number of nitrogens with zero attached hydrogens (tertiary/aromatic N) is 1. The van der Waals surface area contributed by atoms with Gasteiger partial charge in [-0.15, -0.1) is 17.9 Å². The Morgan fingerprint density at radius 2 is 2.26 bits per heavy atom. The molecule has 0 saturated carbocycles. The maximum absolute atomic E-state index is 12.5.